The maximum atomic E-state index is 13.8. The van der Waals surface area contributed by atoms with Crippen molar-refractivity contribution in [2.75, 3.05) is 7.05 Å². The van der Waals surface area contributed by atoms with Gasteiger partial charge < -0.3 is 9.64 Å². The number of allylic oxidation sites excluding steroid dienone is 4. The summed E-state index contributed by atoms with van der Waals surface area (Å²) in [5.41, 5.74) is 4.89. The van der Waals surface area contributed by atoms with Crippen molar-refractivity contribution in [3.8, 4) is 5.75 Å². The van der Waals surface area contributed by atoms with Gasteiger partial charge in [-0.1, -0.05) is 93.4 Å². The second-order valence-electron chi connectivity index (χ2n) is 13.3. The van der Waals surface area contributed by atoms with Crippen LogP contribution in [0.2, 0.25) is 10.0 Å². The van der Waals surface area contributed by atoms with Gasteiger partial charge in [0, 0.05) is 48.3 Å². The van der Waals surface area contributed by atoms with Crippen molar-refractivity contribution in [2.24, 2.45) is 10.8 Å². The molecular formula is C35H35Cl2NO3. The molecule has 41 heavy (non-hydrogen) atoms. The molecular weight excluding hydrogens is 553 g/mol. The number of Topliss-reactive ketones (excluding diaryl/α,β-unsaturated/α-hetero) is 2. The van der Waals surface area contributed by atoms with Crippen molar-refractivity contribution in [3.63, 3.8) is 0 Å². The van der Waals surface area contributed by atoms with Crippen LogP contribution >= 0.6 is 23.2 Å². The van der Waals surface area contributed by atoms with Gasteiger partial charge >= 0.3 is 0 Å². The Hall–Kier alpha value is -3.08. The lowest BCUT2D eigenvalue weighted by Crippen LogP contribution is -2.43. The first kappa shape index (κ1) is 28.1. The number of ether oxygens (including phenoxy) is 1. The summed E-state index contributed by atoms with van der Waals surface area (Å²) in [7, 11) is 2.01. The lowest BCUT2D eigenvalue weighted by atomic mass is 9.64. The second-order valence-corrected chi connectivity index (χ2v) is 14.1. The molecule has 2 aliphatic carbocycles. The van der Waals surface area contributed by atoms with Crippen molar-refractivity contribution in [1.82, 2.24) is 4.90 Å². The van der Waals surface area contributed by atoms with Crippen LogP contribution in [0.5, 0.6) is 5.75 Å². The van der Waals surface area contributed by atoms with Crippen LogP contribution in [-0.4, -0.2) is 23.5 Å². The number of nitrogens with zero attached hydrogens (tertiary/aromatic N) is 1. The predicted molar refractivity (Wildman–Crippen MR) is 165 cm³/mol. The van der Waals surface area contributed by atoms with Crippen LogP contribution in [0.1, 0.15) is 70.4 Å². The van der Waals surface area contributed by atoms with E-state index in [1.807, 2.05) is 43.4 Å². The average Bonchev–Trinajstić information content (AvgIpc) is 2.88. The minimum Gasteiger partial charge on any atom is -0.486 e. The van der Waals surface area contributed by atoms with Crippen LogP contribution in [0.15, 0.2) is 77.1 Å². The Labute approximate surface area is 252 Å². The number of carbonyl (C=O) groups is 2. The number of rotatable bonds is 4. The monoisotopic (exact) mass is 587 g/mol. The highest BCUT2D eigenvalue weighted by atomic mass is 35.5. The molecule has 3 aliphatic rings. The molecule has 0 saturated carbocycles. The van der Waals surface area contributed by atoms with E-state index in [1.54, 1.807) is 0 Å². The minimum absolute atomic E-state index is 0.0841. The third kappa shape index (κ3) is 5.00. The lowest BCUT2D eigenvalue weighted by molar-refractivity contribution is -0.119. The lowest BCUT2D eigenvalue weighted by Gasteiger charge is -2.48. The Morgan fingerprint density at radius 3 is 1.93 bits per heavy atom. The molecule has 0 bridgehead atoms. The number of ketones is 2. The van der Waals surface area contributed by atoms with E-state index in [0.717, 1.165) is 46.1 Å². The minimum atomic E-state index is -0.495. The van der Waals surface area contributed by atoms with Gasteiger partial charge in [0.15, 0.2) is 17.3 Å². The highest BCUT2D eigenvalue weighted by Crippen LogP contribution is 2.54. The Bertz CT molecular complexity index is 1600. The van der Waals surface area contributed by atoms with Gasteiger partial charge in [0.2, 0.25) is 0 Å². The van der Waals surface area contributed by atoms with Gasteiger partial charge in [-0.15, -0.1) is 0 Å². The zero-order valence-corrected chi connectivity index (χ0v) is 25.7. The molecule has 6 heteroatoms. The van der Waals surface area contributed by atoms with Crippen LogP contribution in [0.3, 0.4) is 0 Å². The molecule has 0 unspecified atom stereocenters. The zero-order chi connectivity index (χ0) is 29.3. The Morgan fingerprint density at radius 1 is 0.805 bits per heavy atom. The molecule has 0 fully saturated rings. The zero-order valence-electron chi connectivity index (χ0n) is 24.2. The molecule has 0 spiro atoms. The van der Waals surface area contributed by atoms with Gasteiger partial charge in [0.1, 0.15) is 6.61 Å². The Balaban J connectivity index is 1.42. The van der Waals surface area contributed by atoms with E-state index in [4.69, 9.17) is 27.9 Å². The van der Waals surface area contributed by atoms with Gasteiger partial charge in [-0.05, 0) is 57.7 Å². The molecule has 6 rings (SSSR count). The molecule has 0 saturated heterocycles. The van der Waals surface area contributed by atoms with E-state index in [0.29, 0.717) is 46.4 Å². The molecule has 4 nitrogen and oxygen atoms in total. The van der Waals surface area contributed by atoms with Crippen molar-refractivity contribution in [3.05, 3.63) is 98.3 Å². The summed E-state index contributed by atoms with van der Waals surface area (Å²) >= 11 is 13.7. The highest BCUT2D eigenvalue weighted by molar-refractivity contribution is 6.37. The fourth-order valence-corrected chi connectivity index (χ4v) is 7.56. The summed E-state index contributed by atoms with van der Waals surface area (Å²) in [6.07, 6.45) is 2.40. The van der Waals surface area contributed by atoms with Crippen LogP contribution < -0.4 is 4.74 Å². The van der Waals surface area contributed by atoms with E-state index in [2.05, 4.69) is 50.8 Å². The number of fused-ring (bicyclic) bond motifs is 1. The first-order valence-electron chi connectivity index (χ1n) is 14.2. The number of hydrogen-bond donors (Lipinski definition) is 0. The van der Waals surface area contributed by atoms with Crippen molar-refractivity contribution < 1.29 is 14.3 Å². The first-order chi connectivity index (χ1) is 19.3. The van der Waals surface area contributed by atoms with Crippen LogP contribution in [0.25, 0.3) is 10.8 Å². The molecule has 3 aromatic carbocycles. The predicted octanol–water partition coefficient (Wildman–Crippen LogP) is 9.04. The van der Waals surface area contributed by atoms with E-state index < -0.39 is 5.92 Å². The van der Waals surface area contributed by atoms with Gasteiger partial charge in [-0.2, -0.15) is 0 Å². The highest BCUT2D eigenvalue weighted by Gasteiger charge is 2.48. The average molecular weight is 589 g/mol. The quantitative estimate of drug-likeness (QED) is 0.305. The van der Waals surface area contributed by atoms with Crippen LogP contribution in [0.4, 0.5) is 0 Å². The Kier molecular flexibility index (Phi) is 6.86. The maximum Gasteiger partial charge on any atom is 0.162 e. The van der Waals surface area contributed by atoms with Gasteiger partial charge in [0.25, 0.3) is 0 Å². The standard InChI is InChI=1S/C35H35Cl2NO3/c1-34(2)15-26-31(28(39)17-34)30(32-27(38(26)5)16-35(3,4)18-29(32)40)22-13-24(36)33(25(37)14-22)41-19-21-11-8-10-20-9-6-7-12-23(20)21/h6-14,30H,15-19H2,1-5H3. The number of hydrogen-bond acceptors (Lipinski definition) is 4. The number of carbonyl (C=O) groups excluding carboxylic acids is 2. The molecule has 3 aromatic rings. The molecule has 0 amide bonds. The fraction of sp³-hybridized carbons (Fsp3) is 0.371. The SMILES string of the molecule is CN1C2=C(C(=O)CC(C)(C)C2)C(c2cc(Cl)c(OCc3cccc4ccccc34)c(Cl)c2)C2=C1CC(C)(C)CC2=O. The van der Waals surface area contributed by atoms with E-state index in [9.17, 15) is 9.59 Å². The summed E-state index contributed by atoms with van der Waals surface area (Å²) < 4.78 is 6.20. The molecule has 1 heterocycles. The van der Waals surface area contributed by atoms with Crippen molar-refractivity contribution >= 4 is 45.5 Å². The normalized spacial score (nSPS) is 20.4. The Morgan fingerprint density at radius 2 is 1.34 bits per heavy atom. The molecule has 1 aliphatic heterocycles. The summed E-state index contributed by atoms with van der Waals surface area (Å²) in [5.74, 6) is 0.0701. The summed E-state index contributed by atoms with van der Waals surface area (Å²) in [4.78, 5) is 29.7. The third-order valence-electron chi connectivity index (χ3n) is 8.79. The van der Waals surface area contributed by atoms with Gasteiger partial charge in [0.05, 0.1) is 10.0 Å². The third-order valence-corrected chi connectivity index (χ3v) is 9.35. The molecule has 212 valence electrons. The smallest absolute Gasteiger partial charge is 0.162 e. The topological polar surface area (TPSA) is 46.6 Å². The van der Waals surface area contributed by atoms with Crippen LogP contribution in [-0.2, 0) is 16.2 Å². The van der Waals surface area contributed by atoms with E-state index >= 15 is 0 Å². The summed E-state index contributed by atoms with van der Waals surface area (Å²) in [6.45, 7) is 8.83. The van der Waals surface area contributed by atoms with Crippen molar-refractivity contribution in [2.45, 2.75) is 65.9 Å². The second kappa shape index (κ2) is 10.0. The van der Waals surface area contributed by atoms with E-state index in [-0.39, 0.29) is 22.4 Å². The van der Waals surface area contributed by atoms with Crippen molar-refractivity contribution in [1.29, 1.82) is 0 Å². The molecule has 0 aromatic heterocycles. The first-order valence-corrected chi connectivity index (χ1v) is 15.0. The van der Waals surface area contributed by atoms with Gasteiger partial charge in [-0.3, -0.25) is 9.59 Å². The summed E-state index contributed by atoms with van der Waals surface area (Å²) in [5, 5.41) is 2.98. The molecule has 0 radical (unpaired) electrons. The number of benzene rings is 3. The largest absolute Gasteiger partial charge is 0.486 e. The fourth-order valence-electron chi connectivity index (χ4n) is 6.95. The summed E-state index contributed by atoms with van der Waals surface area (Å²) in [6, 6.07) is 17.9. The van der Waals surface area contributed by atoms with Gasteiger partial charge in [-0.25, -0.2) is 0 Å². The van der Waals surface area contributed by atoms with E-state index in [1.165, 1.54) is 0 Å². The van der Waals surface area contributed by atoms with Crippen LogP contribution in [0, 0.1) is 10.8 Å². The number of halogens is 2. The maximum absolute atomic E-state index is 13.8. The molecule has 0 N–H and O–H groups in total. The molecule has 0 atom stereocenters.